The fourth-order valence-electron chi connectivity index (χ4n) is 2.76. The number of hydrogen-bond acceptors (Lipinski definition) is 3. The fraction of sp³-hybridized carbons (Fsp3) is 0.263. The van der Waals surface area contributed by atoms with Crippen LogP contribution >= 0.6 is 11.6 Å². The summed E-state index contributed by atoms with van der Waals surface area (Å²) in [6.07, 6.45) is 0.174. The van der Waals surface area contributed by atoms with E-state index in [0.29, 0.717) is 17.9 Å². The Kier molecular flexibility index (Phi) is 5.34. The molecule has 130 valence electrons. The first-order valence-electron chi connectivity index (χ1n) is 8.03. The van der Waals surface area contributed by atoms with Gasteiger partial charge < -0.3 is 10.2 Å². The molecule has 4 nitrogen and oxygen atoms in total. The third kappa shape index (κ3) is 4.37. The Hall–Kier alpha value is -2.40. The first-order chi connectivity index (χ1) is 12.0. The first-order valence-corrected chi connectivity index (χ1v) is 8.41. The highest BCUT2D eigenvalue weighted by atomic mass is 35.5. The van der Waals surface area contributed by atoms with Crippen molar-refractivity contribution in [1.29, 1.82) is 0 Å². The molecule has 0 spiro atoms. The second kappa shape index (κ2) is 7.66. The minimum atomic E-state index is -0.673. The second-order valence-corrected chi connectivity index (χ2v) is 6.42. The van der Waals surface area contributed by atoms with Crippen LogP contribution in [0.15, 0.2) is 53.7 Å². The monoisotopic (exact) mass is 360 g/mol. The van der Waals surface area contributed by atoms with Crippen LogP contribution in [0.2, 0.25) is 5.02 Å². The zero-order valence-electron chi connectivity index (χ0n) is 13.7. The second-order valence-electron chi connectivity index (χ2n) is 6.01. The van der Waals surface area contributed by atoms with Gasteiger partial charge in [0.2, 0.25) is 6.10 Å². The summed E-state index contributed by atoms with van der Waals surface area (Å²) >= 11 is 6.15. The molecule has 2 aromatic rings. The third-order valence-corrected chi connectivity index (χ3v) is 4.39. The van der Waals surface area contributed by atoms with E-state index in [0.717, 1.165) is 16.8 Å². The maximum Gasteiger partial charge on any atom is 0.264 e. The number of nitrogens with one attached hydrogen (secondary N) is 1. The van der Waals surface area contributed by atoms with Gasteiger partial charge >= 0.3 is 0 Å². The van der Waals surface area contributed by atoms with E-state index in [2.05, 4.69) is 10.5 Å². The predicted molar refractivity (Wildman–Crippen MR) is 95.0 cm³/mol. The summed E-state index contributed by atoms with van der Waals surface area (Å²) in [5.41, 5.74) is 2.36. The van der Waals surface area contributed by atoms with Gasteiger partial charge in [-0.15, -0.1) is 0 Å². The van der Waals surface area contributed by atoms with Crippen LogP contribution in [-0.2, 0) is 16.1 Å². The predicted octanol–water partition coefficient (Wildman–Crippen LogP) is 4.04. The van der Waals surface area contributed by atoms with Crippen LogP contribution in [0.3, 0.4) is 0 Å². The lowest BCUT2D eigenvalue weighted by Gasteiger charge is -2.17. The van der Waals surface area contributed by atoms with Crippen LogP contribution in [-0.4, -0.2) is 17.7 Å². The van der Waals surface area contributed by atoms with Crippen molar-refractivity contribution >= 4 is 23.2 Å². The summed E-state index contributed by atoms with van der Waals surface area (Å²) in [5.74, 6) is -0.537. The van der Waals surface area contributed by atoms with E-state index in [-0.39, 0.29) is 17.8 Å². The van der Waals surface area contributed by atoms with Crippen molar-refractivity contribution in [1.82, 2.24) is 5.32 Å². The molecule has 1 amide bonds. The van der Waals surface area contributed by atoms with Gasteiger partial charge in [0.15, 0.2) is 0 Å². The number of carbonyl (C=O) groups excluding carboxylic acids is 1. The molecule has 2 aromatic carbocycles. The Morgan fingerprint density at radius 2 is 2.16 bits per heavy atom. The molecule has 0 saturated heterocycles. The number of carbonyl (C=O) groups is 1. The highest BCUT2D eigenvalue weighted by molar-refractivity contribution is 6.31. The van der Waals surface area contributed by atoms with Crippen LogP contribution in [0.25, 0.3) is 0 Å². The molecule has 0 aliphatic carbocycles. The van der Waals surface area contributed by atoms with E-state index in [4.69, 9.17) is 16.4 Å². The lowest BCUT2D eigenvalue weighted by atomic mass is 10.0. The number of amides is 1. The van der Waals surface area contributed by atoms with Crippen LogP contribution in [0.5, 0.6) is 0 Å². The number of halogens is 2. The minimum absolute atomic E-state index is 0.239. The SMILES string of the molecule is CC(NC(=O)C1CC(Cc2cccc(F)c2)=NO1)c1ccccc1Cl. The van der Waals surface area contributed by atoms with Crippen LogP contribution < -0.4 is 5.32 Å². The Bertz CT molecular complexity index is 810. The molecule has 0 radical (unpaired) electrons. The van der Waals surface area contributed by atoms with Crippen LogP contribution in [0.1, 0.15) is 30.5 Å². The maximum absolute atomic E-state index is 13.2. The van der Waals surface area contributed by atoms with Crippen molar-refractivity contribution < 1.29 is 14.0 Å². The van der Waals surface area contributed by atoms with Gasteiger partial charge in [0.05, 0.1) is 11.8 Å². The molecule has 6 heteroatoms. The van der Waals surface area contributed by atoms with Crippen molar-refractivity contribution in [2.24, 2.45) is 5.16 Å². The van der Waals surface area contributed by atoms with E-state index in [1.165, 1.54) is 12.1 Å². The highest BCUT2D eigenvalue weighted by Gasteiger charge is 2.29. The topological polar surface area (TPSA) is 50.7 Å². The maximum atomic E-state index is 13.2. The Labute approximate surface area is 150 Å². The molecule has 1 aliphatic heterocycles. The van der Waals surface area contributed by atoms with Crippen molar-refractivity contribution in [3.8, 4) is 0 Å². The van der Waals surface area contributed by atoms with Crippen molar-refractivity contribution in [2.75, 3.05) is 0 Å². The average Bonchev–Trinajstić information content (AvgIpc) is 3.04. The standard InChI is InChI=1S/C19H18ClFN2O2/c1-12(16-7-2-3-8-17(16)20)22-19(24)18-11-15(23-25-18)10-13-5-4-6-14(21)9-13/h2-9,12,18H,10-11H2,1H3,(H,22,24). The van der Waals surface area contributed by atoms with E-state index < -0.39 is 6.10 Å². The fourth-order valence-corrected chi connectivity index (χ4v) is 3.06. The van der Waals surface area contributed by atoms with Crippen molar-refractivity contribution in [2.45, 2.75) is 31.9 Å². The van der Waals surface area contributed by atoms with Gasteiger partial charge in [-0.3, -0.25) is 4.79 Å². The van der Waals surface area contributed by atoms with Crippen molar-refractivity contribution in [3.05, 3.63) is 70.5 Å². The molecular formula is C19H18ClFN2O2. The smallest absolute Gasteiger partial charge is 0.264 e. The molecule has 0 saturated carbocycles. The molecule has 2 atom stereocenters. The van der Waals surface area contributed by atoms with Gasteiger partial charge in [-0.1, -0.05) is 47.1 Å². The Balaban J connectivity index is 1.56. The molecule has 1 aliphatic rings. The van der Waals surface area contributed by atoms with Crippen molar-refractivity contribution in [3.63, 3.8) is 0 Å². The average molecular weight is 361 g/mol. The molecule has 1 N–H and O–H groups in total. The van der Waals surface area contributed by atoms with Gasteiger partial charge in [-0.05, 0) is 36.2 Å². The summed E-state index contributed by atoms with van der Waals surface area (Å²) in [7, 11) is 0. The molecule has 1 heterocycles. The zero-order valence-corrected chi connectivity index (χ0v) is 14.5. The highest BCUT2D eigenvalue weighted by Crippen LogP contribution is 2.23. The summed E-state index contributed by atoms with van der Waals surface area (Å²) in [4.78, 5) is 17.6. The normalized spacial score (nSPS) is 17.6. The zero-order chi connectivity index (χ0) is 17.8. The molecule has 2 unspecified atom stereocenters. The quantitative estimate of drug-likeness (QED) is 0.874. The van der Waals surface area contributed by atoms with Gasteiger partial charge in [0, 0.05) is 17.9 Å². The summed E-state index contributed by atoms with van der Waals surface area (Å²) in [6, 6.07) is 13.4. The van der Waals surface area contributed by atoms with Gasteiger partial charge in [-0.2, -0.15) is 0 Å². The summed E-state index contributed by atoms with van der Waals surface area (Å²) in [6.45, 7) is 1.86. The van der Waals surface area contributed by atoms with Gasteiger partial charge in [0.1, 0.15) is 5.82 Å². The summed E-state index contributed by atoms with van der Waals surface area (Å²) < 4.78 is 13.2. The van der Waals surface area contributed by atoms with Gasteiger partial charge in [0.25, 0.3) is 5.91 Å². The number of oxime groups is 1. The third-order valence-electron chi connectivity index (χ3n) is 4.05. The largest absolute Gasteiger partial charge is 0.382 e. The Morgan fingerprint density at radius 1 is 1.36 bits per heavy atom. The van der Waals surface area contributed by atoms with E-state index >= 15 is 0 Å². The molecule has 0 bridgehead atoms. The Morgan fingerprint density at radius 3 is 2.92 bits per heavy atom. The lowest BCUT2D eigenvalue weighted by molar-refractivity contribution is -0.131. The van der Waals surface area contributed by atoms with E-state index in [9.17, 15) is 9.18 Å². The van der Waals surface area contributed by atoms with E-state index in [1.807, 2.05) is 31.2 Å². The van der Waals surface area contributed by atoms with Gasteiger partial charge in [-0.25, -0.2) is 4.39 Å². The molecule has 0 fully saturated rings. The number of nitrogens with zero attached hydrogens (tertiary/aromatic N) is 1. The molecular weight excluding hydrogens is 343 g/mol. The lowest BCUT2D eigenvalue weighted by Crippen LogP contribution is -2.36. The molecule has 3 rings (SSSR count). The van der Waals surface area contributed by atoms with Crippen LogP contribution in [0.4, 0.5) is 4.39 Å². The number of rotatable bonds is 5. The number of benzene rings is 2. The van der Waals surface area contributed by atoms with E-state index in [1.54, 1.807) is 12.1 Å². The summed E-state index contributed by atoms with van der Waals surface area (Å²) in [5, 5.41) is 7.46. The molecule has 0 aromatic heterocycles. The van der Waals surface area contributed by atoms with Crippen LogP contribution in [0, 0.1) is 5.82 Å². The first kappa shape index (κ1) is 17.4. The number of hydrogen-bond donors (Lipinski definition) is 1. The minimum Gasteiger partial charge on any atom is -0.382 e. The molecule has 25 heavy (non-hydrogen) atoms.